The van der Waals surface area contributed by atoms with Gasteiger partial charge in [0.15, 0.2) is 5.58 Å². The summed E-state index contributed by atoms with van der Waals surface area (Å²) < 4.78 is 12.3. The molecule has 42 heavy (non-hydrogen) atoms. The summed E-state index contributed by atoms with van der Waals surface area (Å²) in [4.78, 5) is 0. The van der Waals surface area contributed by atoms with Crippen molar-refractivity contribution in [2.24, 2.45) is 0 Å². The normalized spacial score (nSPS) is 11.3. The molecule has 0 aliphatic carbocycles. The number of hydrogen-bond donors (Lipinski definition) is 0. The van der Waals surface area contributed by atoms with Gasteiger partial charge in [-0.2, -0.15) is 10.5 Å². The van der Waals surface area contributed by atoms with Gasteiger partial charge in [-0.15, -0.1) is 0 Å². The van der Waals surface area contributed by atoms with Crippen LogP contribution < -0.4 is 0 Å². The molecule has 4 heteroatoms. The summed E-state index contributed by atoms with van der Waals surface area (Å²) in [5.74, 6) is 0. The molecule has 2 aromatic heterocycles. The smallest absolute Gasteiger partial charge is 0.153 e. The van der Waals surface area contributed by atoms with Crippen LogP contribution >= 0.6 is 0 Å². The van der Waals surface area contributed by atoms with Crippen molar-refractivity contribution in [1.82, 2.24) is 0 Å². The number of benzene rings is 6. The van der Waals surface area contributed by atoms with E-state index in [0.717, 1.165) is 71.7 Å². The van der Waals surface area contributed by atoms with Crippen LogP contribution in [0.5, 0.6) is 0 Å². The lowest BCUT2D eigenvalue weighted by atomic mass is 9.88. The standard InChI is InChI=1S/C38H20N2O2/c39-21-26-9-6-11-30-33-17-24(14-16-36(33)42-38(26)30)27-18-31(23-7-2-1-3-8-23)34(22-40)32(19-27)25-13-15-29-28-10-4-5-12-35(28)41-37(29)20-25/h1-20H. The lowest BCUT2D eigenvalue weighted by Crippen LogP contribution is -1.93. The van der Waals surface area contributed by atoms with Crippen LogP contribution in [0.1, 0.15) is 11.1 Å². The molecule has 4 nitrogen and oxygen atoms in total. The molecule has 0 spiro atoms. The second-order valence-electron chi connectivity index (χ2n) is 10.3. The fourth-order valence-corrected chi connectivity index (χ4v) is 5.96. The molecule has 0 aliphatic rings. The van der Waals surface area contributed by atoms with E-state index < -0.39 is 0 Å². The first-order valence-corrected chi connectivity index (χ1v) is 13.6. The molecule has 0 saturated heterocycles. The van der Waals surface area contributed by atoms with Gasteiger partial charge >= 0.3 is 0 Å². The molecule has 0 aliphatic heterocycles. The fourth-order valence-electron chi connectivity index (χ4n) is 5.96. The monoisotopic (exact) mass is 536 g/mol. The number of furan rings is 2. The topological polar surface area (TPSA) is 73.9 Å². The second-order valence-corrected chi connectivity index (χ2v) is 10.3. The number of hydrogen-bond acceptors (Lipinski definition) is 4. The van der Waals surface area contributed by atoms with Gasteiger partial charge in [0.2, 0.25) is 0 Å². The van der Waals surface area contributed by atoms with Crippen LogP contribution in [0.15, 0.2) is 130 Å². The highest BCUT2D eigenvalue weighted by Gasteiger charge is 2.18. The minimum Gasteiger partial charge on any atom is -0.456 e. The van der Waals surface area contributed by atoms with Gasteiger partial charge in [-0.3, -0.25) is 0 Å². The Morgan fingerprint density at radius 3 is 1.98 bits per heavy atom. The van der Waals surface area contributed by atoms with Crippen molar-refractivity contribution < 1.29 is 8.83 Å². The van der Waals surface area contributed by atoms with Crippen molar-refractivity contribution in [2.75, 3.05) is 0 Å². The predicted molar refractivity (Wildman–Crippen MR) is 167 cm³/mol. The third-order valence-corrected chi connectivity index (χ3v) is 7.98. The molecule has 8 aromatic rings. The van der Waals surface area contributed by atoms with Crippen molar-refractivity contribution >= 4 is 43.9 Å². The Kier molecular flexibility index (Phi) is 5.22. The zero-order valence-electron chi connectivity index (χ0n) is 22.3. The molecule has 0 unspecified atom stereocenters. The van der Waals surface area contributed by atoms with Gasteiger partial charge < -0.3 is 8.83 Å². The minimum absolute atomic E-state index is 0.512. The molecule has 2 heterocycles. The molecule has 0 saturated carbocycles. The Morgan fingerprint density at radius 1 is 0.429 bits per heavy atom. The molecule has 0 fully saturated rings. The average Bonchev–Trinajstić information content (AvgIpc) is 3.62. The van der Waals surface area contributed by atoms with Gasteiger partial charge in [-0.05, 0) is 70.8 Å². The van der Waals surface area contributed by atoms with E-state index in [1.54, 1.807) is 6.07 Å². The van der Waals surface area contributed by atoms with Crippen LogP contribution in [0.25, 0.3) is 77.3 Å². The van der Waals surface area contributed by atoms with Gasteiger partial charge in [0.05, 0.1) is 11.1 Å². The zero-order chi connectivity index (χ0) is 28.2. The minimum atomic E-state index is 0.512. The van der Waals surface area contributed by atoms with E-state index in [0.29, 0.717) is 16.7 Å². The summed E-state index contributed by atoms with van der Waals surface area (Å²) in [5, 5.41) is 24.0. The number of nitrogens with zero attached hydrogens (tertiary/aromatic N) is 2. The van der Waals surface area contributed by atoms with E-state index in [-0.39, 0.29) is 0 Å². The number of fused-ring (bicyclic) bond motifs is 6. The van der Waals surface area contributed by atoms with E-state index in [4.69, 9.17) is 8.83 Å². The fraction of sp³-hybridized carbons (Fsp3) is 0. The van der Waals surface area contributed by atoms with Crippen molar-refractivity contribution in [3.05, 3.63) is 132 Å². The Bertz CT molecular complexity index is 2430. The molecule has 0 N–H and O–H groups in total. The zero-order valence-corrected chi connectivity index (χ0v) is 22.3. The Labute approximate surface area is 240 Å². The van der Waals surface area contributed by atoms with E-state index in [2.05, 4.69) is 48.5 Å². The summed E-state index contributed by atoms with van der Waals surface area (Å²) in [6, 6.07) is 44.8. The molecule has 8 rings (SSSR count). The summed E-state index contributed by atoms with van der Waals surface area (Å²) in [6.45, 7) is 0. The maximum absolute atomic E-state index is 10.5. The Morgan fingerprint density at radius 2 is 1.14 bits per heavy atom. The van der Waals surface area contributed by atoms with Crippen molar-refractivity contribution in [2.45, 2.75) is 0 Å². The highest BCUT2D eigenvalue weighted by atomic mass is 16.3. The summed E-state index contributed by atoms with van der Waals surface area (Å²) in [6.07, 6.45) is 0. The van der Waals surface area contributed by atoms with Crippen LogP contribution in [0, 0.1) is 22.7 Å². The third kappa shape index (κ3) is 3.60. The highest BCUT2D eigenvalue weighted by Crippen LogP contribution is 2.41. The van der Waals surface area contributed by atoms with Crippen LogP contribution in [-0.4, -0.2) is 0 Å². The van der Waals surface area contributed by atoms with Crippen LogP contribution in [0.2, 0.25) is 0 Å². The first-order chi connectivity index (χ1) is 20.7. The van der Waals surface area contributed by atoms with Crippen LogP contribution in [0.3, 0.4) is 0 Å². The summed E-state index contributed by atoms with van der Waals surface area (Å²) in [5.41, 5.74) is 9.58. The molecule has 0 bridgehead atoms. The molecular weight excluding hydrogens is 516 g/mol. The van der Waals surface area contributed by atoms with Gasteiger partial charge in [0.25, 0.3) is 0 Å². The van der Waals surface area contributed by atoms with Gasteiger partial charge in [0.1, 0.15) is 28.9 Å². The molecule has 0 amide bonds. The SMILES string of the molecule is N#Cc1c(-c2ccccc2)cc(-c2ccc3oc4c(C#N)cccc4c3c2)cc1-c1ccc2c(c1)oc1ccccc12. The molecule has 0 atom stereocenters. The number of rotatable bonds is 3. The molecular formula is C38H20N2O2. The quantitative estimate of drug-likeness (QED) is 0.225. The van der Waals surface area contributed by atoms with Crippen molar-refractivity contribution in [1.29, 1.82) is 10.5 Å². The van der Waals surface area contributed by atoms with E-state index >= 15 is 0 Å². The highest BCUT2D eigenvalue weighted by molar-refractivity contribution is 6.08. The first-order valence-electron chi connectivity index (χ1n) is 13.6. The van der Waals surface area contributed by atoms with Crippen molar-refractivity contribution in [3.8, 4) is 45.5 Å². The lowest BCUT2D eigenvalue weighted by molar-refractivity contribution is 0.667. The predicted octanol–water partition coefficient (Wildman–Crippen LogP) is 10.2. The lowest BCUT2D eigenvalue weighted by Gasteiger charge is -2.14. The Balaban J connectivity index is 1.39. The maximum atomic E-state index is 10.5. The van der Waals surface area contributed by atoms with E-state index in [9.17, 15) is 10.5 Å². The van der Waals surface area contributed by atoms with Crippen molar-refractivity contribution in [3.63, 3.8) is 0 Å². The third-order valence-electron chi connectivity index (χ3n) is 7.98. The first kappa shape index (κ1) is 23.8. The van der Waals surface area contributed by atoms with E-state index in [1.807, 2.05) is 78.9 Å². The summed E-state index contributed by atoms with van der Waals surface area (Å²) in [7, 11) is 0. The van der Waals surface area contributed by atoms with E-state index in [1.165, 1.54) is 0 Å². The molecule has 194 valence electrons. The molecule has 0 radical (unpaired) electrons. The van der Waals surface area contributed by atoms with Gasteiger partial charge in [-0.1, -0.05) is 72.8 Å². The number of nitriles is 2. The van der Waals surface area contributed by atoms with Gasteiger partial charge in [-0.25, -0.2) is 0 Å². The summed E-state index contributed by atoms with van der Waals surface area (Å²) >= 11 is 0. The van der Waals surface area contributed by atoms with Crippen LogP contribution in [0.4, 0.5) is 0 Å². The Hall–Kier alpha value is -6.10. The van der Waals surface area contributed by atoms with Crippen LogP contribution in [-0.2, 0) is 0 Å². The maximum Gasteiger partial charge on any atom is 0.153 e. The number of para-hydroxylation sites is 2. The van der Waals surface area contributed by atoms with Gasteiger partial charge in [0, 0.05) is 32.7 Å². The average molecular weight is 537 g/mol. The molecule has 6 aromatic carbocycles. The largest absolute Gasteiger partial charge is 0.456 e. The second kappa shape index (κ2) is 9.24.